The molecule has 0 saturated carbocycles. The van der Waals surface area contributed by atoms with Crippen molar-refractivity contribution in [3.05, 3.63) is 35.4 Å². The molecule has 3 heterocycles. The summed E-state index contributed by atoms with van der Waals surface area (Å²) in [5.74, 6) is -0.0407. The Morgan fingerprint density at radius 2 is 1.76 bits per heavy atom. The van der Waals surface area contributed by atoms with Crippen molar-refractivity contribution in [1.29, 1.82) is 0 Å². The SMILES string of the molecule is CS(=O)(=O)N1CCN(C(=O)CC2(N3Cc4ccccc4C3=O)CCOCC2)CC1. The van der Waals surface area contributed by atoms with Gasteiger partial charge in [0.2, 0.25) is 15.9 Å². The van der Waals surface area contributed by atoms with Gasteiger partial charge in [0.25, 0.3) is 5.91 Å². The number of benzene rings is 1. The van der Waals surface area contributed by atoms with Gasteiger partial charge in [0.05, 0.1) is 18.2 Å². The minimum atomic E-state index is -3.24. The van der Waals surface area contributed by atoms with Gasteiger partial charge in [-0.25, -0.2) is 8.42 Å². The number of piperazine rings is 1. The summed E-state index contributed by atoms with van der Waals surface area (Å²) in [5.41, 5.74) is 1.16. The van der Waals surface area contributed by atoms with Crippen molar-refractivity contribution in [1.82, 2.24) is 14.1 Å². The quantitative estimate of drug-likeness (QED) is 0.714. The Bertz CT molecular complexity index is 902. The van der Waals surface area contributed by atoms with Crippen LogP contribution in [0.25, 0.3) is 0 Å². The molecule has 2 saturated heterocycles. The van der Waals surface area contributed by atoms with Gasteiger partial charge < -0.3 is 14.5 Å². The highest BCUT2D eigenvalue weighted by Gasteiger charge is 2.46. The molecule has 3 aliphatic heterocycles. The number of hydrogen-bond acceptors (Lipinski definition) is 5. The highest BCUT2D eigenvalue weighted by atomic mass is 32.2. The zero-order valence-corrected chi connectivity index (χ0v) is 17.5. The van der Waals surface area contributed by atoms with Crippen LogP contribution in [-0.2, 0) is 26.1 Å². The maximum Gasteiger partial charge on any atom is 0.254 e. The molecule has 1 aromatic rings. The number of ether oxygens (including phenoxy) is 1. The van der Waals surface area contributed by atoms with E-state index in [1.807, 2.05) is 29.2 Å². The Morgan fingerprint density at radius 1 is 1.10 bits per heavy atom. The molecule has 158 valence electrons. The Kier molecular flexibility index (Phi) is 5.39. The van der Waals surface area contributed by atoms with E-state index in [4.69, 9.17) is 4.74 Å². The minimum absolute atomic E-state index is 0.0165. The first-order valence-corrected chi connectivity index (χ1v) is 11.9. The predicted octanol–water partition coefficient (Wildman–Crippen LogP) is 0.686. The smallest absolute Gasteiger partial charge is 0.254 e. The van der Waals surface area contributed by atoms with E-state index >= 15 is 0 Å². The van der Waals surface area contributed by atoms with Gasteiger partial charge in [0, 0.05) is 51.5 Å². The standard InChI is InChI=1S/C20H27N3O5S/c1-29(26,27)22-10-8-21(9-11-22)18(24)14-20(6-12-28-13-7-20)23-15-16-4-2-3-5-17(16)19(23)25/h2-5H,6-15H2,1H3. The summed E-state index contributed by atoms with van der Waals surface area (Å²) in [5, 5.41) is 0. The summed E-state index contributed by atoms with van der Waals surface area (Å²) in [6.07, 6.45) is 2.69. The Morgan fingerprint density at radius 3 is 2.38 bits per heavy atom. The van der Waals surface area contributed by atoms with Crippen molar-refractivity contribution >= 4 is 21.8 Å². The highest BCUT2D eigenvalue weighted by Crippen LogP contribution is 2.38. The number of sulfonamides is 1. The predicted molar refractivity (Wildman–Crippen MR) is 107 cm³/mol. The largest absolute Gasteiger partial charge is 0.381 e. The van der Waals surface area contributed by atoms with Gasteiger partial charge in [0.1, 0.15) is 0 Å². The monoisotopic (exact) mass is 421 g/mol. The number of amides is 2. The molecule has 1 aromatic carbocycles. The summed E-state index contributed by atoms with van der Waals surface area (Å²) in [7, 11) is -3.24. The summed E-state index contributed by atoms with van der Waals surface area (Å²) in [4.78, 5) is 29.8. The fourth-order valence-electron chi connectivity index (χ4n) is 4.59. The van der Waals surface area contributed by atoms with Gasteiger partial charge in [0.15, 0.2) is 0 Å². The second-order valence-electron chi connectivity index (χ2n) is 8.10. The first kappa shape index (κ1) is 20.3. The van der Waals surface area contributed by atoms with E-state index in [0.717, 1.165) is 5.56 Å². The number of carbonyl (C=O) groups is 2. The summed E-state index contributed by atoms with van der Waals surface area (Å²) >= 11 is 0. The van der Waals surface area contributed by atoms with Gasteiger partial charge in [-0.15, -0.1) is 0 Å². The first-order valence-electron chi connectivity index (χ1n) is 10.0. The number of carbonyl (C=O) groups excluding carboxylic acids is 2. The van der Waals surface area contributed by atoms with Gasteiger partial charge in [-0.3, -0.25) is 9.59 Å². The van der Waals surface area contributed by atoms with Crippen molar-refractivity contribution in [2.75, 3.05) is 45.6 Å². The van der Waals surface area contributed by atoms with Crippen molar-refractivity contribution in [2.24, 2.45) is 0 Å². The third-order valence-electron chi connectivity index (χ3n) is 6.36. The van der Waals surface area contributed by atoms with Crippen molar-refractivity contribution in [3.8, 4) is 0 Å². The molecule has 0 bridgehead atoms. The molecular weight excluding hydrogens is 394 g/mol. The highest BCUT2D eigenvalue weighted by molar-refractivity contribution is 7.88. The molecule has 8 nitrogen and oxygen atoms in total. The zero-order chi connectivity index (χ0) is 20.6. The molecule has 0 spiro atoms. The lowest BCUT2D eigenvalue weighted by atomic mass is 9.84. The maximum atomic E-state index is 13.1. The van der Waals surface area contributed by atoms with Crippen LogP contribution in [0.2, 0.25) is 0 Å². The third-order valence-corrected chi connectivity index (χ3v) is 7.66. The number of rotatable bonds is 4. The second kappa shape index (κ2) is 7.70. The van der Waals surface area contributed by atoms with Gasteiger partial charge in [-0.05, 0) is 24.5 Å². The number of hydrogen-bond donors (Lipinski definition) is 0. The summed E-state index contributed by atoms with van der Waals surface area (Å²) in [6.45, 7) is 2.96. The normalized spacial score (nSPS) is 22.6. The molecule has 0 aliphatic carbocycles. The molecule has 0 unspecified atom stereocenters. The number of fused-ring (bicyclic) bond motifs is 1. The van der Waals surface area contributed by atoms with Crippen LogP contribution in [0.5, 0.6) is 0 Å². The van der Waals surface area contributed by atoms with Gasteiger partial charge in [-0.1, -0.05) is 18.2 Å². The fraction of sp³-hybridized carbons (Fsp3) is 0.600. The molecule has 2 amide bonds. The molecule has 0 aromatic heterocycles. The molecular formula is C20H27N3O5S. The summed E-state index contributed by atoms with van der Waals surface area (Å²) in [6, 6.07) is 7.60. The van der Waals surface area contributed by atoms with Crippen LogP contribution in [0, 0.1) is 0 Å². The third kappa shape index (κ3) is 3.91. The fourth-order valence-corrected chi connectivity index (χ4v) is 5.42. The lowest BCUT2D eigenvalue weighted by Gasteiger charge is -2.45. The van der Waals surface area contributed by atoms with E-state index in [2.05, 4.69) is 0 Å². The number of nitrogens with zero attached hydrogens (tertiary/aromatic N) is 3. The van der Waals surface area contributed by atoms with E-state index in [0.29, 0.717) is 64.3 Å². The Hall–Kier alpha value is -1.97. The lowest BCUT2D eigenvalue weighted by Crippen LogP contribution is -2.57. The Balaban J connectivity index is 1.50. The van der Waals surface area contributed by atoms with Crippen molar-refractivity contribution < 1.29 is 22.7 Å². The molecule has 3 aliphatic rings. The molecule has 29 heavy (non-hydrogen) atoms. The van der Waals surface area contributed by atoms with Crippen LogP contribution in [-0.4, -0.2) is 85.5 Å². The molecule has 4 rings (SSSR count). The lowest BCUT2D eigenvalue weighted by molar-refractivity contribution is -0.137. The van der Waals surface area contributed by atoms with E-state index in [9.17, 15) is 18.0 Å². The van der Waals surface area contributed by atoms with Gasteiger partial charge in [-0.2, -0.15) is 4.31 Å². The minimum Gasteiger partial charge on any atom is -0.381 e. The van der Waals surface area contributed by atoms with E-state index in [1.165, 1.54) is 10.6 Å². The molecule has 0 N–H and O–H groups in total. The molecule has 0 atom stereocenters. The average Bonchev–Trinajstić information content (AvgIpc) is 3.06. The summed E-state index contributed by atoms with van der Waals surface area (Å²) < 4.78 is 30.4. The van der Waals surface area contributed by atoms with E-state index in [-0.39, 0.29) is 18.2 Å². The van der Waals surface area contributed by atoms with Crippen LogP contribution >= 0.6 is 0 Å². The average molecular weight is 422 g/mol. The zero-order valence-electron chi connectivity index (χ0n) is 16.7. The topological polar surface area (TPSA) is 87.2 Å². The molecule has 2 fully saturated rings. The van der Waals surface area contributed by atoms with Crippen LogP contribution in [0.15, 0.2) is 24.3 Å². The van der Waals surface area contributed by atoms with Crippen LogP contribution < -0.4 is 0 Å². The van der Waals surface area contributed by atoms with E-state index in [1.54, 1.807) is 4.90 Å². The van der Waals surface area contributed by atoms with Crippen LogP contribution in [0.3, 0.4) is 0 Å². The van der Waals surface area contributed by atoms with Gasteiger partial charge >= 0.3 is 0 Å². The van der Waals surface area contributed by atoms with Crippen LogP contribution in [0.4, 0.5) is 0 Å². The molecule has 0 radical (unpaired) electrons. The first-order chi connectivity index (χ1) is 13.8. The molecule has 9 heteroatoms. The second-order valence-corrected chi connectivity index (χ2v) is 10.1. The van der Waals surface area contributed by atoms with Crippen molar-refractivity contribution in [3.63, 3.8) is 0 Å². The maximum absolute atomic E-state index is 13.1. The van der Waals surface area contributed by atoms with E-state index < -0.39 is 15.6 Å². The Labute approximate surface area is 171 Å². The van der Waals surface area contributed by atoms with Crippen LogP contribution in [0.1, 0.15) is 35.2 Å². The van der Waals surface area contributed by atoms with Crippen molar-refractivity contribution in [2.45, 2.75) is 31.3 Å².